The molecule has 0 aliphatic carbocycles. The molecule has 0 saturated carbocycles. The molecular weight excluding hydrogens is 337 g/mol. The third-order valence-electron chi connectivity index (χ3n) is 4.88. The summed E-state index contributed by atoms with van der Waals surface area (Å²) in [4.78, 5) is 0. The zero-order valence-electron chi connectivity index (χ0n) is 14.5. The van der Waals surface area contributed by atoms with Gasteiger partial charge in [0.05, 0.1) is 29.1 Å². The van der Waals surface area contributed by atoms with Crippen molar-refractivity contribution in [3.05, 3.63) is 90.5 Å². The van der Waals surface area contributed by atoms with Gasteiger partial charge in [0.1, 0.15) is 5.75 Å². The topological polar surface area (TPSA) is 14.2 Å². The largest absolute Gasteiger partial charge is 0.496 e. The minimum Gasteiger partial charge on any atom is -0.496 e. The van der Waals surface area contributed by atoms with Gasteiger partial charge in [-0.3, -0.25) is 0 Å². The first-order chi connectivity index (χ1) is 12.9. The predicted molar refractivity (Wildman–Crippen MR) is 111 cm³/mol. The summed E-state index contributed by atoms with van der Waals surface area (Å²) in [7, 11) is 1.25. The van der Waals surface area contributed by atoms with E-state index < -0.39 is 7.53 Å². The van der Waals surface area contributed by atoms with Gasteiger partial charge in [0.2, 0.25) is 0 Å². The summed E-state index contributed by atoms with van der Waals surface area (Å²) in [5, 5.41) is 3.82. The van der Waals surface area contributed by atoms with Crippen LogP contribution in [0.5, 0.6) is 5.75 Å². The molecule has 0 radical (unpaired) electrons. The quantitative estimate of drug-likeness (QED) is 0.348. The highest BCUT2D eigenvalue weighted by molar-refractivity contribution is 7.56. The summed E-state index contributed by atoms with van der Waals surface area (Å²) < 4.78 is 8.14. The molecule has 0 aliphatic rings. The molecule has 126 valence electrons. The number of rotatable bonds is 3. The fourth-order valence-electron chi connectivity index (χ4n) is 3.78. The van der Waals surface area contributed by atoms with Crippen LogP contribution < -0.4 is 4.74 Å². The van der Waals surface area contributed by atoms with Crippen LogP contribution in [-0.4, -0.2) is 11.7 Å². The van der Waals surface area contributed by atoms with Crippen LogP contribution in [0.2, 0.25) is 0 Å². The Balaban J connectivity index is 1.95. The van der Waals surface area contributed by atoms with Crippen molar-refractivity contribution < 1.29 is 4.74 Å². The number of benzene rings is 3. The average molecular weight is 355 g/mol. The van der Waals surface area contributed by atoms with Gasteiger partial charge in [-0.15, -0.1) is 0 Å². The highest BCUT2D eigenvalue weighted by atomic mass is 31.1. The Morgan fingerprint density at radius 2 is 1.31 bits per heavy atom. The maximum atomic E-state index is 5.76. The Morgan fingerprint density at radius 1 is 0.692 bits per heavy atom. The molecule has 5 aromatic rings. The van der Waals surface area contributed by atoms with Gasteiger partial charge in [0.25, 0.3) is 0 Å². The van der Waals surface area contributed by atoms with Crippen molar-refractivity contribution in [3.63, 3.8) is 0 Å². The van der Waals surface area contributed by atoms with Gasteiger partial charge in [-0.25, -0.2) is 0 Å². The second kappa shape index (κ2) is 6.09. The van der Waals surface area contributed by atoms with Crippen molar-refractivity contribution in [1.82, 2.24) is 4.57 Å². The number of ether oxygens (including phenoxy) is 1. The Morgan fingerprint density at radius 3 is 1.92 bits per heavy atom. The fourth-order valence-corrected chi connectivity index (χ4v) is 5.61. The highest BCUT2D eigenvalue weighted by Gasteiger charge is 2.17. The molecule has 0 bridgehead atoms. The van der Waals surface area contributed by atoms with Crippen LogP contribution in [0, 0.1) is 0 Å². The van der Waals surface area contributed by atoms with Gasteiger partial charge in [0.15, 0.2) is 0 Å². The molecule has 2 aromatic heterocycles. The molecule has 0 saturated heterocycles. The fraction of sp³-hybridized carbons (Fsp3) is 0.0435. The summed E-state index contributed by atoms with van der Waals surface area (Å²) >= 11 is 0. The van der Waals surface area contributed by atoms with Crippen molar-refractivity contribution in [1.29, 1.82) is 0 Å². The lowest BCUT2D eigenvalue weighted by Gasteiger charge is -2.16. The summed E-state index contributed by atoms with van der Waals surface area (Å²) in [6.07, 6.45) is 0. The summed E-state index contributed by atoms with van der Waals surface area (Å²) in [5.41, 5.74) is 3.65. The van der Waals surface area contributed by atoms with E-state index in [1.807, 2.05) is 0 Å². The first-order valence-electron chi connectivity index (χ1n) is 8.67. The van der Waals surface area contributed by atoms with Crippen LogP contribution in [0.15, 0.2) is 90.5 Å². The minimum absolute atomic E-state index is 0.510. The number of para-hydroxylation sites is 2. The summed E-state index contributed by atoms with van der Waals surface area (Å²) in [5.74, 6) is 5.52. The maximum Gasteiger partial charge on any atom is 0.132 e. The average Bonchev–Trinajstić information content (AvgIpc) is 3.33. The van der Waals surface area contributed by atoms with Gasteiger partial charge in [-0.05, 0) is 35.9 Å². The number of hydrogen-bond donors (Lipinski definition) is 0. The van der Waals surface area contributed by atoms with Crippen molar-refractivity contribution in [2.45, 2.75) is 0 Å². The molecule has 3 aromatic carbocycles. The standard InChI is InChI=1S/C23H18NOP/c1-25-22-14-8-13-21(23(22)26-15-6-7-16-26)24-19-11-4-2-9-17(19)18-10-3-5-12-20(18)24/h2-16H,1H3. The first-order valence-corrected chi connectivity index (χ1v) is 10.2. The molecule has 0 aliphatic heterocycles. The Bertz CT molecular complexity index is 1160. The minimum atomic E-state index is -0.510. The van der Waals surface area contributed by atoms with Crippen LogP contribution in [0.4, 0.5) is 0 Å². The van der Waals surface area contributed by atoms with Crippen molar-refractivity contribution in [2.24, 2.45) is 0 Å². The molecule has 5 rings (SSSR count). The molecule has 0 spiro atoms. The second-order valence-corrected chi connectivity index (χ2v) is 8.15. The smallest absolute Gasteiger partial charge is 0.132 e. The molecule has 0 unspecified atom stereocenters. The lowest BCUT2D eigenvalue weighted by molar-refractivity contribution is 0.417. The second-order valence-electron chi connectivity index (χ2n) is 6.29. The van der Waals surface area contributed by atoms with Gasteiger partial charge in [0, 0.05) is 10.8 Å². The zero-order chi connectivity index (χ0) is 17.5. The van der Waals surface area contributed by atoms with Crippen LogP contribution in [0.3, 0.4) is 0 Å². The summed E-state index contributed by atoms with van der Waals surface area (Å²) in [6, 6.07) is 27.9. The normalized spacial score (nSPS) is 11.3. The van der Waals surface area contributed by atoms with E-state index in [0.717, 1.165) is 5.75 Å². The zero-order valence-corrected chi connectivity index (χ0v) is 15.4. The number of methoxy groups -OCH3 is 1. The number of fused-ring (bicyclic) bond motifs is 3. The lowest BCUT2D eigenvalue weighted by Crippen LogP contribution is -1.97. The molecule has 2 heterocycles. The third kappa shape index (κ3) is 2.20. The van der Waals surface area contributed by atoms with E-state index >= 15 is 0 Å². The predicted octanol–water partition coefficient (Wildman–Crippen LogP) is 6.77. The van der Waals surface area contributed by atoms with E-state index in [0.29, 0.717) is 0 Å². The van der Waals surface area contributed by atoms with Crippen molar-refractivity contribution in [2.75, 3.05) is 7.11 Å². The van der Waals surface area contributed by atoms with Crippen LogP contribution >= 0.6 is 7.53 Å². The molecular formula is C23H18NOP. The van der Waals surface area contributed by atoms with Gasteiger partial charge < -0.3 is 9.30 Å². The van der Waals surface area contributed by atoms with Crippen molar-refractivity contribution >= 4 is 29.3 Å². The van der Waals surface area contributed by atoms with Gasteiger partial charge in [-0.2, -0.15) is 0 Å². The van der Waals surface area contributed by atoms with E-state index in [9.17, 15) is 0 Å². The van der Waals surface area contributed by atoms with Crippen LogP contribution in [0.25, 0.3) is 32.8 Å². The Kier molecular flexibility index (Phi) is 3.58. The molecule has 0 N–H and O–H groups in total. The van der Waals surface area contributed by atoms with Gasteiger partial charge in [-0.1, -0.05) is 62.1 Å². The number of aromatic nitrogens is 1. The molecule has 0 atom stereocenters. The Labute approximate surface area is 153 Å². The summed E-state index contributed by atoms with van der Waals surface area (Å²) in [6.45, 7) is 0. The van der Waals surface area contributed by atoms with Crippen LogP contribution in [0.1, 0.15) is 0 Å². The van der Waals surface area contributed by atoms with E-state index in [2.05, 4.69) is 95.0 Å². The molecule has 0 fully saturated rings. The van der Waals surface area contributed by atoms with E-state index in [1.165, 1.54) is 32.8 Å². The Hall–Kier alpha value is -2.96. The van der Waals surface area contributed by atoms with Crippen LogP contribution in [-0.2, 0) is 0 Å². The van der Waals surface area contributed by atoms with E-state index in [4.69, 9.17) is 4.74 Å². The van der Waals surface area contributed by atoms with Crippen molar-refractivity contribution in [3.8, 4) is 16.7 Å². The monoisotopic (exact) mass is 355 g/mol. The maximum absolute atomic E-state index is 5.76. The molecule has 3 heteroatoms. The molecule has 2 nitrogen and oxygen atoms in total. The van der Waals surface area contributed by atoms with Gasteiger partial charge >= 0.3 is 0 Å². The number of hydrogen-bond acceptors (Lipinski definition) is 1. The third-order valence-corrected chi connectivity index (χ3v) is 6.83. The SMILES string of the molecule is COc1cccc(-n2c3ccccc3c3ccccc32)c1-p1cccc1. The molecule has 26 heavy (non-hydrogen) atoms. The number of nitrogens with zero attached hydrogens (tertiary/aromatic N) is 1. The highest BCUT2D eigenvalue weighted by Crippen LogP contribution is 2.49. The lowest BCUT2D eigenvalue weighted by atomic mass is 10.2. The molecule has 0 amide bonds. The van der Waals surface area contributed by atoms with E-state index in [-0.39, 0.29) is 0 Å². The van der Waals surface area contributed by atoms with E-state index in [1.54, 1.807) is 7.11 Å². The first kappa shape index (κ1) is 15.3.